The number of hydrogen-bond acceptors (Lipinski definition) is 5. The predicted molar refractivity (Wildman–Crippen MR) is 61.0 cm³/mol. The SMILES string of the molecule is CCSCc1noc([C@H]2CCCNC2)n1. The van der Waals surface area contributed by atoms with E-state index in [9.17, 15) is 0 Å². The Morgan fingerprint density at radius 2 is 2.53 bits per heavy atom. The molecule has 15 heavy (non-hydrogen) atoms. The minimum atomic E-state index is 0.423. The van der Waals surface area contributed by atoms with E-state index in [-0.39, 0.29) is 0 Å². The number of thioether (sulfide) groups is 1. The number of aromatic nitrogens is 2. The molecule has 1 aromatic rings. The van der Waals surface area contributed by atoms with Gasteiger partial charge in [0.2, 0.25) is 5.89 Å². The molecule has 1 N–H and O–H groups in total. The fourth-order valence-electron chi connectivity index (χ4n) is 1.75. The van der Waals surface area contributed by atoms with Gasteiger partial charge in [-0.3, -0.25) is 0 Å². The van der Waals surface area contributed by atoms with Crippen molar-refractivity contribution in [2.75, 3.05) is 18.8 Å². The third-order valence-corrected chi connectivity index (χ3v) is 3.44. The maximum atomic E-state index is 5.29. The summed E-state index contributed by atoms with van der Waals surface area (Å²) in [5, 5.41) is 7.35. The van der Waals surface area contributed by atoms with Crippen LogP contribution in [0.25, 0.3) is 0 Å². The quantitative estimate of drug-likeness (QED) is 0.850. The van der Waals surface area contributed by atoms with Crippen LogP contribution in [0.15, 0.2) is 4.52 Å². The summed E-state index contributed by atoms with van der Waals surface area (Å²) in [5.41, 5.74) is 0. The largest absolute Gasteiger partial charge is 0.339 e. The molecule has 1 aromatic heterocycles. The minimum absolute atomic E-state index is 0.423. The van der Waals surface area contributed by atoms with Crippen molar-refractivity contribution in [1.29, 1.82) is 0 Å². The minimum Gasteiger partial charge on any atom is -0.339 e. The average molecular weight is 227 g/mol. The molecule has 0 amide bonds. The van der Waals surface area contributed by atoms with Crippen molar-refractivity contribution in [2.45, 2.75) is 31.4 Å². The highest BCUT2D eigenvalue weighted by atomic mass is 32.2. The van der Waals surface area contributed by atoms with Gasteiger partial charge in [0.1, 0.15) is 0 Å². The molecule has 0 spiro atoms. The van der Waals surface area contributed by atoms with Crippen LogP contribution in [0.3, 0.4) is 0 Å². The summed E-state index contributed by atoms with van der Waals surface area (Å²) < 4.78 is 5.29. The Hall–Kier alpha value is -0.550. The lowest BCUT2D eigenvalue weighted by atomic mass is 10.00. The first-order valence-corrected chi connectivity index (χ1v) is 6.66. The van der Waals surface area contributed by atoms with Crippen molar-refractivity contribution < 1.29 is 4.52 Å². The maximum absolute atomic E-state index is 5.29. The second-order valence-corrected chi connectivity index (χ2v) is 5.00. The number of piperidine rings is 1. The van der Waals surface area contributed by atoms with Gasteiger partial charge >= 0.3 is 0 Å². The van der Waals surface area contributed by atoms with Crippen LogP contribution in [0.1, 0.15) is 37.4 Å². The van der Waals surface area contributed by atoms with E-state index in [2.05, 4.69) is 22.4 Å². The Morgan fingerprint density at radius 3 is 3.27 bits per heavy atom. The van der Waals surface area contributed by atoms with Crippen molar-refractivity contribution in [3.63, 3.8) is 0 Å². The molecule has 0 radical (unpaired) electrons. The fraction of sp³-hybridized carbons (Fsp3) is 0.800. The van der Waals surface area contributed by atoms with Gasteiger partial charge in [-0.25, -0.2) is 0 Å². The molecule has 0 saturated carbocycles. The van der Waals surface area contributed by atoms with Gasteiger partial charge in [0.05, 0.1) is 11.7 Å². The molecule has 1 aliphatic rings. The molecular formula is C10H17N3OS. The van der Waals surface area contributed by atoms with E-state index in [1.807, 2.05) is 11.8 Å². The van der Waals surface area contributed by atoms with Crippen LogP contribution in [0, 0.1) is 0 Å². The summed E-state index contributed by atoms with van der Waals surface area (Å²) in [6, 6.07) is 0. The van der Waals surface area contributed by atoms with Crippen LogP contribution in [0.5, 0.6) is 0 Å². The van der Waals surface area contributed by atoms with Crippen molar-refractivity contribution in [2.24, 2.45) is 0 Å². The molecule has 5 heteroatoms. The zero-order valence-electron chi connectivity index (χ0n) is 9.03. The summed E-state index contributed by atoms with van der Waals surface area (Å²) in [4.78, 5) is 4.43. The highest BCUT2D eigenvalue weighted by Crippen LogP contribution is 2.22. The van der Waals surface area contributed by atoms with Gasteiger partial charge in [-0.2, -0.15) is 16.7 Å². The number of nitrogens with one attached hydrogen (secondary N) is 1. The molecule has 2 heterocycles. The van der Waals surface area contributed by atoms with Crippen molar-refractivity contribution in [3.8, 4) is 0 Å². The maximum Gasteiger partial charge on any atom is 0.231 e. The molecule has 0 bridgehead atoms. The van der Waals surface area contributed by atoms with Gasteiger partial charge in [0, 0.05) is 6.54 Å². The van der Waals surface area contributed by atoms with Crippen LogP contribution in [0.2, 0.25) is 0 Å². The average Bonchev–Trinajstić information content (AvgIpc) is 2.76. The van der Waals surface area contributed by atoms with E-state index in [0.717, 1.165) is 42.7 Å². The van der Waals surface area contributed by atoms with Gasteiger partial charge in [-0.15, -0.1) is 0 Å². The van der Waals surface area contributed by atoms with E-state index in [4.69, 9.17) is 4.52 Å². The fourth-order valence-corrected chi connectivity index (χ4v) is 2.25. The zero-order chi connectivity index (χ0) is 10.5. The summed E-state index contributed by atoms with van der Waals surface area (Å²) in [7, 11) is 0. The van der Waals surface area contributed by atoms with Gasteiger partial charge < -0.3 is 9.84 Å². The molecule has 0 unspecified atom stereocenters. The van der Waals surface area contributed by atoms with Gasteiger partial charge in [-0.05, 0) is 25.1 Å². The second-order valence-electron chi connectivity index (χ2n) is 3.73. The number of hydrogen-bond donors (Lipinski definition) is 1. The smallest absolute Gasteiger partial charge is 0.231 e. The molecule has 84 valence electrons. The highest BCUT2D eigenvalue weighted by molar-refractivity contribution is 7.98. The first kappa shape index (κ1) is 11.0. The van der Waals surface area contributed by atoms with Crippen LogP contribution in [-0.4, -0.2) is 29.0 Å². The Labute approximate surface area is 94.2 Å². The van der Waals surface area contributed by atoms with E-state index in [1.54, 1.807) is 0 Å². The van der Waals surface area contributed by atoms with Crippen LogP contribution < -0.4 is 5.32 Å². The Bertz CT molecular complexity index is 297. The molecule has 0 aromatic carbocycles. The molecule has 1 saturated heterocycles. The van der Waals surface area contributed by atoms with Crippen molar-refractivity contribution in [1.82, 2.24) is 15.5 Å². The third kappa shape index (κ3) is 2.95. The Kier molecular flexibility index (Phi) is 4.02. The first-order valence-electron chi connectivity index (χ1n) is 5.51. The normalized spacial score (nSPS) is 21.8. The molecule has 1 aliphatic heterocycles. The Morgan fingerprint density at radius 1 is 1.60 bits per heavy atom. The van der Waals surface area contributed by atoms with Crippen LogP contribution in [0.4, 0.5) is 0 Å². The van der Waals surface area contributed by atoms with E-state index >= 15 is 0 Å². The van der Waals surface area contributed by atoms with Crippen LogP contribution >= 0.6 is 11.8 Å². The van der Waals surface area contributed by atoms with Crippen molar-refractivity contribution >= 4 is 11.8 Å². The van der Waals surface area contributed by atoms with E-state index in [0.29, 0.717) is 5.92 Å². The topological polar surface area (TPSA) is 51.0 Å². The van der Waals surface area contributed by atoms with Crippen LogP contribution in [-0.2, 0) is 5.75 Å². The number of nitrogens with zero attached hydrogens (tertiary/aromatic N) is 2. The van der Waals surface area contributed by atoms with Gasteiger partial charge in [-0.1, -0.05) is 12.1 Å². The molecule has 4 nitrogen and oxygen atoms in total. The standard InChI is InChI=1S/C10H17N3OS/c1-2-15-7-9-12-10(14-13-9)8-4-3-5-11-6-8/h8,11H,2-7H2,1H3/t8-/m0/s1. The molecule has 2 rings (SSSR count). The highest BCUT2D eigenvalue weighted by Gasteiger charge is 2.20. The van der Waals surface area contributed by atoms with E-state index < -0.39 is 0 Å². The van der Waals surface area contributed by atoms with Gasteiger partial charge in [0.15, 0.2) is 5.82 Å². The summed E-state index contributed by atoms with van der Waals surface area (Å²) in [5.74, 6) is 4.03. The molecule has 1 atom stereocenters. The van der Waals surface area contributed by atoms with Gasteiger partial charge in [0.25, 0.3) is 0 Å². The van der Waals surface area contributed by atoms with E-state index in [1.165, 1.54) is 6.42 Å². The first-order chi connectivity index (χ1) is 7.40. The monoisotopic (exact) mass is 227 g/mol. The summed E-state index contributed by atoms with van der Waals surface area (Å²) in [6.07, 6.45) is 2.36. The van der Waals surface area contributed by atoms with Crippen molar-refractivity contribution in [3.05, 3.63) is 11.7 Å². The molecular weight excluding hydrogens is 210 g/mol. The third-order valence-electron chi connectivity index (χ3n) is 2.57. The lowest BCUT2D eigenvalue weighted by Gasteiger charge is -2.18. The summed E-state index contributed by atoms with van der Waals surface area (Å²) in [6.45, 7) is 4.22. The Balaban J connectivity index is 1.93. The second kappa shape index (κ2) is 5.51. The predicted octanol–water partition coefficient (Wildman–Crippen LogP) is 1.79. The summed E-state index contributed by atoms with van der Waals surface area (Å²) >= 11 is 1.82. The lowest BCUT2D eigenvalue weighted by Crippen LogP contribution is -2.28. The lowest BCUT2D eigenvalue weighted by molar-refractivity contribution is 0.320. The molecule has 1 fully saturated rings. The number of rotatable bonds is 4. The zero-order valence-corrected chi connectivity index (χ0v) is 9.85. The molecule has 0 aliphatic carbocycles.